The van der Waals surface area contributed by atoms with Gasteiger partial charge in [-0.25, -0.2) is 0 Å². The number of pyridine rings is 1. The third-order valence-corrected chi connectivity index (χ3v) is 3.93. The van der Waals surface area contributed by atoms with E-state index in [1.165, 1.54) is 47.0 Å². The minimum Gasteiger partial charge on any atom is -0.252 e. The van der Waals surface area contributed by atoms with Crippen LogP contribution in [0.15, 0.2) is 24.3 Å². The highest BCUT2D eigenvalue weighted by Crippen LogP contribution is 2.31. The minimum absolute atomic E-state index is 0.162. The number of rotatable bonds is 0. The summed E-state index contributed by atoms with van der Waals surface area (Å²) in [6.45, 7) is 6.80. The van der Waals surface area contributed by atoms with E-state index < -0.39 is 0 Å². The van der Waals surface area contributed by atoms with Crippen LogP contribution in [0, 0.1) is 0 Å². The number of fused-ring (bicyclic) bond motifs is 2. The second-order valence-electron chi connectivity index (χ2n) is 6.43. The fourth-order valence-electron chi connectivity index (χ4n) is 2.93. The predicted octanol–water partition coefficient (Wildman–Crippen LogP) is 4.41. The van der Waals surface area contributed by atoms with E-state index in [1.807, 2.05) is 0 Å². The van der Waals surface area contributed by atoms with Crippen molar-refractivity contribution < 1.29 is 0 Å². The highest BCUT2D eigenvalue weighted by Gasteiger charge is 2.19. The van der Waals surface area contributed by atoms with Gasteiger partial charge in [0.2, 0.25) is 0 Å². The molecule has 0 bridgehead atoms. The summed E-state index contributed by atoms with van der Waals surface area (Å²) in [5.74, 6) is 0. The van der Waals surface area contributed by atoms with Gasteiger partial charge >= 0.3 is 0 Å². The average molecular weight is 239 g/mol. The second kappa shape index (κ2) is 4.08. The Balaban J connectivity index is 2.28. The fraction of sp³-hybridized carbons (Fsp3) is 0.471. The van der Waals surface area contributed by atoms with Crippen molar-refractivity contribution in [3.8, 4) is 0 Å². The molecule has 0 aliphatic heterocycles. The molecule has 1 heterocycles. The molecule has 0 radical (unpaired) electrons. The Bertz CT molecular complexity index is 590. The zero-order valence-corrected chi connectivity index (χ0v) is 11.6. The summed E-state index contributed by atoms with van der Waals surface area (Å²) in [6.07, 6.45) is 4.98. The molecule has 2 aromatic rings. The number of hydrogen-bond donors (Lipinski definition) is 0. The van der Waals surface area contributed by atoms with Crippen molar-refractivity contribution >= 4 is 10.9 Å². The smallest absolute Gasteiger partial charge is 0.0742 e. The highest BCUT2D eigenvalue weighted by atomic mass is 14.7. The van der Waals surface area contributed by atoms with Gasteiger partial charge in [-0.1, -0.05) is 39.0 Å². The van der Waals surface area contributed by atoms with E-state index in [9.17, 15) is 0 Å². The largest absolute Gasteiger partial charge is 0.252 e. The topological polar surface area (TPSA) is 12.9 Å². The van der Waals surface area contributed by atoms with Crippen molar-refractivity contribution in [2.45, 2.75) is 51.9 Å². The Morgan fingerprint density at radius 3 is 2.61 bits per heavy atom. The summed E-state index contributed by atoms with van der Waals surface area (Å²) < 4.78 is 0. The van der Waals surface area contributed by atoms with E-state index in [0.29, 0.717) is 0 Å². The first kappa shape index (κ1) is 11.7. The SMILES string of the molecule is CC(C)(C)c1cccc2cc3c(nc12)CCCC3. The monoisotopic (exact) mass is 239 g/mol. The van der Waals surface area contributed by atoms with Gasteiger partial charge in [-0.15, -0.1) is 0 Å². The molecule has 0 atom stereocenters. The Kier molecular flexibility index (Phi) is 2.65. The molecule has 1 heteroatoms. The zero-order chi connectivity index (χ0) is 12.8. The van der Waals surface area contributed by atoms with E-state index >= 15 is 0 Å². The van der Waals surface area contributed by atoms with Gasteiger partial charge in [-0.2, -0.15) is 0 Å². The number of aryl methyl sites for hydroxylation is 2. The lowest BCUT2D eigenvalue weighted by molar-refractivity contribution is 0.593. The molecule has 1 aliphatic carbocycles. The molecule has 1 aliphatic rings. The molecule has 94 valence electrons. The van der Waals surface area contributed by atoms with Crippen molar-refractivity contribution in [2.24, 2.45) is 0 Å². The predicted molar refractivity (Wildman–Crippen MR) is 77.1 cm³/mol. The second-order valence-corrected chi connectivity index (χ2v) is 6.43. The average Bonchev–Trinajstić information content (AvgIpc) is 2.34. The number of nitrogens with zero attached hydrogens (tertiary/aromatic N) is 1. The van der Waals surface area contributed by atoms with E-state index in [-0.39, 0.29) is 5.41 Å². The number of aromatic nitrogens is 1. The van der Waals surface area contributed by atoms with Crippen LogP contribution in [-0.4, -0.2) is 4.98 Å². The molecule has 0 amide bonds. The number of para-hydroxylation sites is 1. The summed E-state index contributed by atoms with van der Waals surface area (Å²) >= 11 is 0. The summed E-state index contributed by atoms with van der Waals surface area (Å²) in [4.78, 5) is 4.98. The third kappa shape index (κ3) is 1.92. The van der Waals surface area contributed by atoms with Crippen LogP contribution >= 0.6 is 0 Å². The molecule has 0 fully saturated rings. The summed E-state index contributed by atoms with van der Waals surface area (Å²) in [5, 5.41) is 1.31. The number of hydrogen-bond acceptors (Lipinski definition) is 1. The lowest BCUT2D eigenvalue weighted by Crippen LogP contribution is -2.13. The van der Waals surface area contributed by atoms with Gasteiger partial charge in [-0.05, 0) is 48.3 Å². The molecule has 3 rings (SSSR count). The molecule has 18 heavy (non-hydrogen) atoms. The van der Waals surface area contributed by atoms with Crippen molar-refractivity contribution in [1.82, 2.24) is 4.98 Å². The molecule has 1 aromatic carbocycles. The van der Waals surface area contributed by atoms with E-state index in [4.69, 9.17) is 4.98 Å². The quantitative estimate of drug-likeness (QED) is 0.663. The van der Waals surface area contributed by atoms with Crippen LogP contribution in [0.25, 0.3) is 10.9 Å². The van der Waals surface area contributed by atoms with Crippen molar-refractivity contribution in [3.63, 3.8) is 0 Å². The van der Waals surface area contributed by atoms with Gasteiger partial charge in [0.15, 0.2) is 0 Å². The lowest BCUT2D eigenvalue weighted by atomic mass is 9.84. The van der Waals surface area contributed by atoms with Crippen LogP contribution in [0.5, 0.6) is 0 Å². The van der Waals surface area contributed by atoms with E-state index in [1.54, 1.807) is 0 Å². The van der Waals surface area contributed by atoms with Crippen LogP contribution in [0.4, 0.5) is 0 Å². The Morgan fingerprint density at radius 1 is 1.06 bits per heavy atom. The first-order valence-electron chi connectivity index (χ1n) is 6.98. The normalized spacial score (nSPS) is 15.7. The van der Waals surface area contributed by atoms with Crippen LogP contribution in [0.1, 0.15) is 50.4 Å². The van der Waals surface area contributed by atoms with Crippen LogP contribution < -0.4 is 0 Å². The van der Waals surface area contributed by atoms with Crippen LogP contribution in [0.3, 0.4) is 0 Å². The maximum Gasteiger partial charge on any atom is 0.0742 e. The Labute approximate surface area is 109 Å². The third-order valence-electron chi connectivity index (χ3n) is 3.93. The van der Waals surface area contributed by atoms with Gasteiger partial charge in [-0.3, -0.25) is 4.98 Å². The van der Waals surface area contributed by atoms with Gasteiger partial charge in [0, 0.05) is 11.1 Å². The first-order valence-corrected chi connectivity index (χ1v) is 6.98. The van der Waals surface area contributed by atoms with Gasteiger partial charge in [0.05, 0.1) is 5.52 Å². The van der Waals surface area contributed by atoms with Crippen molar-refractivity contribution in [1.29, 1.82) is 0 Å². The number of benzene rings is 1. The maximum atomic E-state index is 4.98. The maximum absolute atomic E-state index is 4.98. The van der Waals surface area contributed by atoms with Gasteiger partial charge in [0.1, 0.15) is 0 Å². The van der Waals surface area contributed by atoms with Gasteiger partial charge < -0.3 is 0 Å². The summed E-state index contributed by atoms with van der Waals surface area (Å²) in [7, 11) is 0. The molecule has 0 unspecified atom stereocenters. The molecule has 0 spiro atoms. The summed E-state index contributed by atoms with van der Waals surface area (Å²) in [6, 6.07) is 8.96. The minimum atomic E-state index is 0.162. The molecular weight excluding hydrogens is 218 g/mol. The molecular formula is C17H21N. The fourth-order valence-corrected chi connectivity index (χ4v) is 2.93. The summed E-state index contributed by atoms with van der Waals surface area (Å²) in [5.41, 5.74) is 5.55. The molecule has 0 saturated heterocycles. The van der Waals surface area contributed by atoms with E-state index in [0.717, 1.165) is 6.42 Å². The standard InChI is InChI=1S/C17H21N/c1-17(2,3)14-9-6-8-13-11-12-7-4-5-10-15(12)18-16(13)14/h6,8-9,11H,4-5,7,10H2,1-3H3. The van der Waals surface area contributed by atoms with Crippen molar-refractivity contribution in [3.05, 3.63) is 41.1 Å². The molecule has 0 saturated carbocycles. The molecule has 1 nitrogen and oxygen atoms in total. The van der Waals surface area contributed by atoms with Crippen LogP contribution in [0.2, 0.25) is 0 Å². The lowest BCUT2D eigenvalue weighted by Gasteiger charge is -2.22. The first-order chi connectivity index (χ1) is 8.55. The zero-order valence-electron chi connectivity index (χ0n) is 11.6. The highest BCUT2D eigenvalue weighted by molar-refractivity contribution is 5.83. The Hall–Kier alpha value is -1.37. The van der Waals surface area contributed by atoms with Crippen LogP contribution in [-0.2, 0) is 18.3 Å². The Morgan fingerprint density at radius 2 is 1.83 bits per heavy atom. The molecule has 1 aromatic heterocycles. The van der Waals surface area contributed by atoms with E-state index in [2.05, 4.69) is 45.0 Å². The molecule has 0 N–H and O–H groups in total. The van der Waals surface area contributed by atoms with Gasteiger partial charge in [0.25, 0.3) is 0 Å². The van der Waals surface area contributed by atoms with Crippen molar-refractivity contribution in [2.75, 3.05) is 0 Å².